The fraction of sp³-hybridized carbons (Fsp3) is 0.333. The quantitative estimate of drug-likeness (QED) is 0.455. The van der Waals surface area contributed by atoms with Gasteiger partial charge in [-0.1, -0.05) is 6.07 Å². The summed E-state index contributed by atoms with van der Waals surface area (Å²) >= 11 is 0. The molecule has 0 aliphatic heterocycles. The molecule has 0 spiro atoms. The predicted molar refractivity (Wildman–Crippen MR) is 94.7 cm³/mol. The first-order chi connectivity index (χ1) is 12.2. The number of aliphatic imine (C=N–C) groups is 1. The minimum absolute atomic E-state index is 0.381. The Balaban J connectivity index is 2.09. The van der Waals surface area contributed by atoms with Crippen LogP contribution in [-0.4, -0.2) is 32.7 Å². The first-order valence-corrected chi connectivity index (χ1v) is 7.97. The third-order valence-corrected chi connectivity index (χ3v) is 3.44. The largest absolute Gasteiger partial charge is 0.496 e. The second-order valence-corrected chi connectivity index (χ2v) is 5.15. The van der Waals surface area contributed by atoms with Crippen molar-refractivity contribution in [3.63, 3.8) is 0 Å². The molecule has 0 atom stereocenters. The highest BCUT2D eigenvalue weighted by atomic mass is 16.5. The van der Waals surface area contributed by atoms with E-state index in [1.54, 1.807) is 18.4 Å². The highest BCUT2D eigenvalue weighted by molar-refractivity contribution is 5.92. The molecule has 7 nitrogen and oxygen atoms in total. The minimum Gasteiger partial charge on any atom is -0.496 e. The number of benzene rings is 1. The summed E-state index contributed by atoms with van der Waals surface area (Å²) in [5, 5.41) is 6.36. The highest BCUT2D eigenvalue weighted by Crippen LogP contribution is 2.21. The molecule has 0 aliphatic rings. The maximum absolute atomic E-state index is 11.8. The van der Waals surface area contributed by atoms with Crippen LogP contribution in [0.5, 0.6) is 5.75 Å². The maximum Gasteiger partial charge on any atom is 0.341 e. The normalized spacial score (nSPS) is 11.1. The molecule has 1 aromatic carbocycles. The number of nitrogens with one attached hydrogen (secondary N) is 2. The van der Waals surface area contributed by atoms with Gasteiger partial charge in [-0.2, -0.15) is 0 Å². The summed E-state index contributed by atoms with van der Waals surface area (Å²) in [7, 11) is 2.86. The first-order valence-electron chi connectivity index (χ1n) is 7.97. The Kier molecular flexibility index (Phi) is 6.88. The van der Waals surface area contributed by atoms with Crippen LogP contribution in [0.15, 0.2) is 46.0 Å². The lowest BCUT2D eigenvalue weighted by Gasteiger charge is -2.11. The van der Waals surface area contributed by atoms with Gasteiger partial charge in [0.2, 0.25) is 0 Å². The van der Waals surface area contributed by atoms with Gasteiger partial charge in [-0.3, -0.25) is 0 Å². The summed E-state index contributed by atoms with van der Waals surface area (Å²) in [4.78, 5) is 16.4. The topological polar surface area (TPSA) is 85.1 Å². The van der Waals surface area contributed by atoms with Crippen LogP contribution < -0.4 is 15.4 Å². The van der Waals surface area contributed by atoms with Crippen LogP contribution in [0.2, 0.25) is 0 Å². The van der Waals surface area contributed by atoms with E-state index < -0.39 is 5.97 Å². The zero-order valence-corrected chi connectivity index (χ0v) is 14.7. The van der Waals surface area contributed by atoms with Crippen molar-refractivity contribution in [2.75, 3.05) is 20.8 Å². The molecule has 0 bridgehead atoms. The molecule has 0 fully saturated rings. The van der Waals surface area contributed by atoms with Gasteiger partial charge in [-0.25, -0.2) is 9.79 Å². The lowest BCUT2D eigenvalue weighted by Crippen LogP contribution is -2.36. The van der Waals surface area contributed by atoms with Crippen molar-refractivity contribution < 1.29 is 18.7 Å². The van der Waals surface area contributed by atoms with Crippen molar-refractivity contribution in [3.8, 4) is 5.75 Å². The smallest absolute Gasteiger partial charge is 0.341 e. The number of carbonyl (C=O) groups excluding carboxylic acids is 1. The van der Waals surface area contributed by atoms with Crippen molar-refractivity contribution in [1.82, 2.24) is 10.6 Å². The summed E-state index contributed by atoms with van der Waals surface area (Å²) in [6.07, 6.45) is 1.63. The maximum atomic E-state index is 11.8. The fourth-order valence-electron chi connectivity index (χ4n) is 2.22. The third-order valence-electron chi connectivity index (χ3n) is 3.44. The minimum atomic E-state index is -0.439. The number of guanidine groups is 1. The lowest BCUT2D eigenvalue weighted by molar-refractivity contribution is 0.0597. The average molecular weight is 345 g/mol. The van der Waals surface area contributed by atoms with E-state index in [-0.39, 0.29) is 0 Å². The van der Waals surface area contributed by atoms with E-state index in [1.807, 2.05) is 25.1 Å². The van der Waals surface area contributed by atoms with Gasteiger partial charge in [-0.15, -0.1) is 0 Å². The van der Waals surface area contributed by atoms with Crippen molar-refractivity contribution >= 4 is 11.9 Å². The number of hydrogen-bond acceptors (Lipinski definition) is 5. The lowest BCUT2D eigenvalue weighted by atomic mass is 10.1. The number of methoxy groups -OCH3 is 2. The molecule has 0 unspecified atom stereocenters. The van der Waals surface area contributed by atoms with E-state index in [0.717, 1.165) is 17.9 Å². The Hall–Kier alpha value is -2.96. The van der Waals surface area contributed by atoms with Gasteiger partial charge in [0.05, 0.1) is 33.6 Å². The molecule has 0 radical (unpaired) electrons. The molecule has 134 valence electrons. The monoisotopic (exact) mass is 345 g/mol. The molecule has 0 amide bonds. The van der Waals surface area contributed by atoms with Crippen LogP contribution in [0.3, 0.4) is 0 Å². The van der Waals surface area contributed by atoms with Crippen LogP contribution in [-0.2, 0) is 17.8 Å². The molecule has 0 aliphatic carbocycles. The zero-order valence-electron chi connectivity index (χ0n) is 14.7. The summed E-state index contributed by atoms with van der Waals surface area (Å²) in [5.74, 6) is 1.52. The Morgan fingerprint density at radius 2 is 2.08 bits per heavy atom. The molecular formula is C18H23N3O4. The van der Waals surface area contributed by atoms with Gasteiger partial charge in [0.25, 0.3) is 0 Å². The molecule has 1 aromatic heterocycles. The summed E-state index contributed by atoms with van der Waals surface area (Å²) in [6.45, 7) is 3.67. The number of esters is 1. The number of carbonyl (C=O) groups is 1. The van der Waals surface area contributed by atoms with Crippen molar-refractivity contribution in [1.29, 1.82) is 0 Å². The van der Waals surface area contributed by atoms with Crippen LogP contribution in [0, 0.1) is 0 Å². The standard InChI is InChI=1S/C18H23N3O4/c1-4-19-18(21-12-14-6-5-9-25-14)20-11-13-7-8-16(23-2)15(10-13)17(22)24-3/h5-10H,4,11-12H2,1-3H3,(H2,19,20,21). The van der Waals surface area contributed by atoms with Gasteiger partial charge >= 0.3 is 5.97 Å². The van der Waals surface area contributed by atoms with Gasteiger partial charge in [-0.05, 0) is 36.8 Å². The molecule has 2 rings (SSSR count). The molecule has 2 aromatic rings. The Bertz CT molecular complexity index is 711. The molecule has 1 heterocycles. The number of nitrogens with zero attached hydrogens (tertiary/aromatic N) is 1. The van der Waals surface area contributed by atoms with Crippen LogP contribution in [0.4, 0.5) is 0 Å². The number of hydrogen-bond donors (Lipinski definition) is 2. The van der Waals surface area contributed by atoms with E-state index in [0.29, 0.717) is 30.4 Å². The first kappa shape index (κ1) is 18.4. The van der Waals surface area contributed by atoms with Crippen molar-refractivity contribution in [2.45, 2.75) is 20.0 Å². The Morgan fingerprint density at radius 3 is 2.72 bits per heavy atom. The summed E-state index contributed by atoms with van der Waals surface area (Å²) < 4.78 is 15.3. The summed E-state index contributed by atoms with van der Waals surface area (Å²) in [5.41, 5.74) is 1.25. The molecule has 0 saturated heterocycles. The Morgan fingerprint density at radius 1 is 1.24 bits per heavy atom. The molecular weight excluding hydrogens is 322 g/mol. The number of rotatable bonds is 7. The van der Waals surface area contributed by atoms with Crippen molar-refractivity contribution in [3.05, 3.63) is 53.5 Å². The second kappa shape index (κ2) is 9.36. The van der Waals surface area contributed by atoms with E-state index >= 15 is 0 Å². The summed E-state index contributed by atoms with van der Waals surface area (Å²) in [6, 6.07) is 9.06. The van der Waals surface area contributed by atoms with Crippen LogP contribution in [0.25, 0.3) is 0 Å². The number of ether oxygens (including phenoxy) is 2. The fourth-order valence-corrected chi connectivity index (χ4v) is 2.22. The molecule has 2 N–H and O–H groups in total. The van der Waals surface area contributed by atoms with Gasteiger partial charge in [0.15, 0.2) is 5.96 Å². The number of furan rings is 1. The average Bonchev–Trinajstić information content (AvgIpc) is 3.16. The van der Waals surface area contributed by atoms with Crippen LogP contribution in [0.1, 0.15) is 28.6 Å². The van der Waals surface area contributed by atoms with E-state index in [4.69, 9.17) is 13.9 Å². The SMILES string of the molecule is CCNC(=NCc1ccc(OC)c(C(=O)OC)c1)NCc1ccco1. The van der Waals surface area contributed by atoms with Gasteiger partial charge < -0.3 is 24.5 Å². The zero-order chi connectivity index (χ0) is 18.1. The van der Waals surface area contributed by atoms with Crippen molar-refractivity contribution in [2.24, 2.45) is 4.99 Å². The Labute approximate surface area is 147 Å². The van der Waals surface area contributed by atoms with E-state index in [9.17, 15) is 4.79 Å². The third kappa shape index (κ3) is 5.27. The molecule has 7 heteroatoms. The van der Waals surface area contributed by atoms with E-state index in [2.05, 4.69) is 15.6 Å². The molecule has 0 saturated carbocycles. The predicted octanol–water partition coefficient (Wildman–Crippen LogP) is 2.33. The highest BCUT2D eigenvalue weighted by Gasteiger charge is 2.13. The van der Waals surface area contributed by atoms with Gasteiger partial charge in [0, 0.05) is 6.54 Å². The van der Waals surface area contributed by atoms with E-state index in [1.165, 1.54) is 14.2 Å². The second-order valence-electron chi connectivity index (χ2n) is 5.15. The van der Waals surface area contributed by atoms with Gasteiger partial charge in [0.1, 0.15) is 17.1 Å². The molecule has 25 heavy (non-hydrogen) atoms. The van der Waals surface area contributed by atoms with Crippen LogP contribution >= 0.6 is 0 Å².